The van der Waals surface area contributed by atoms with E-state index in [2.05, 4.69) is 10.2 Å². The number of piperidine rings is 1. The van der Waals surface area contributed by atoms with Crippen molar-refractivity contribution in [1.29, 1.82) is 0 Å². The number of thioether (sulfide) groups is 1. The Balaban J connectivity index is 2.43. The number of likely N-dealkylation sites (tertiary alicyclic amines) is 1. The summed E-state index contributed by atoms with van der Waals surface area (Å²) in [5.41, 5.74) is 1.36. The standard InChI is InChI=1S/C20H27ClN2O5S/c1-27-19(28-2)17(24)15(11-13-7-4-5-9-16(13)21)18(29-3)23-10-6-8-14(12-23)22-20(25)26/h4-5,7,9,14,19,22H,6,8,10-12H2,1-3H3,(H,25,26)/b18-15-/t14-/m1/s1. The van der Waals surface area contributed by atoms with Gasteiger partial charge in [-0.05, 0) is 30.7 Å². The Bertz CT molecular complexity index is 754. The van der Waals surface area contributed by atoms with Crippen LogP contribution in [-0.2, 0) is 20.7 Å². The predicted molar refractivity (Wildman–Crippen MR) is 114 cm³/mol. The highest BCUT2D eigenvalue weighted by Crippen LogP contribution is 2.30. The summed E-state index contributed by atoms with van der Waals surface area (Å²) in [6.45, 7) is 1.23. The largest absolute Gasteiger partial charge is 0.465 e. The van der Waals surface area contributed by atoms with Gasteiger partial charge in [0.2, 0.25) is 12.1 Å². The number of rotatable bonds is 9. The Hall–Kier alpha value is -1.74. The molecule has 0 radical (unpaired) electrons. The Morgan fingerprint density at radius 3 is 2.62 bits per heavy atom. The van der Waals surface area contributed by atoms with Crippen molar-refractivity contribution in [2.24, 2.45) is 0 Å². The smallest absolute Gasteiger partial charge is 0.404 e. The number of carbonyl (C=O) groups is 2. The number of hydrogen-bond acceptors (Lipinski definition) is 6. The van der Waals surface area contributed by atoms with Crippen LogP contribution in [0.15, 0.2) is 34.9 Å². The van der Waals surface area contributed by atoms with Crippen LogP contribution in [0, 0.1) is 0 Å². The third kappa shape index (κ3) is 6.37. The molecular formula is C20H27ClN2O5S. The number of ketones is 1. The molecule has 0 spiro atoms. The lowest BCUT2D eigenvalue weighted by molar-refractivity contribution is -0.152. The SMILES string of the molecule is COC(OC)C(=O)/C(Cc1ccccc1Cl)=C(\SC)N1CCC[C@@H](NC(=O)O)C1. The number of hydrogen-bond donors (Lipinski definition) is 2. The van der Waals surface area contributed by atoms with E-state index >= 15 is 0 Å². The summed E-state index contributed by atoms with van der Waals surface area (Å²) in [6, 6.07) is 7.19. The van der Waals surface area contributed by atoms with E-state index in [0.29, 0.717) is 23.6 Å². The van der Waals surface area contributed by atoms with E-state index in [-0.39, 0.29) is 11.8 Å². The topological polar surface area (TPSA) is 88.1 Å². The van der Waals surface area contributed by atoms with Gasteiger partial charge in [-0.1, -0.05) is 29.8 Å². The van der Waals surface area contributed by atoms with Gasteiger partial charge >= 0.3 is 6.09 Å². The zero-order valence-corrected chi connectivity index (χ0v) is 18.4. The van der Waals surface area contributed by atoms with E-state index < -0.39 is 12.4 Å². The van der Waals surface area contributed by atoms with Crippen molar-refractivity contribution in [1.82, 2.24) is 10.2 Å². The van der Waals surface area contributed by atoms with Gasteiger partial charge in [-0.3, -0.25) is 4.79 Å². The average molecular weight is 443 g/mol. The first-order valence-electron chi connectivity index (χ1n) is 9.26. The number of nitrogens with one attached hydrogen (secondary N) is 1. The molecule has 1 heterocycles. The van der Waals surface area contributed by atoms with Gasteiger partial charge in [-0.15, -0.1) is 11.8 Å². The molecule has 0 saturated carbocycles. The lowest BCUT2D eigenvalue weighted by atomic mass is 10.00. The van der Waals surface area contributed by atoms with Crippen LogP contribution in [0.2, 0.25) is 5.02 Å². The molecule has 1 amide bonds. The van der Waals surface area contributed by atoms with Gasteiger partial charge in [-0.2, -0.15) is 0 Å². The normalized spacial score (nSPS) is 17.8. The van der Waals surface area contributed by atoms with E-state index in [1.165, 1.54) is 26.0 Å². The van der Waals surface area contributed by atoms with Gasteiger partial charge in [0.15, 0.2) is 0 Å². The predicted octanol–water partition coefficient (Wildman–Crippen LogP) is 3.38. The van der Waals surface area contributed by atoms with Crippen molar-refractivity contribution in [2.45, 2.75) is 31.6 Å². The lowest BCUT2D eigenvalue weighted by Crippen LogP contribution is -2.47. The molecule has 7 nitrogen and oxygen atoms in total. The number of benzene rings is 1. The van der Waals surface area contributed by atoms with Crippen molar-refractivity contribution >= 4 is 35.2 Å². The van der Waals surface area contributed by atoms with Crippen LogP contribution in [-0.4, -0.2) is 67.8 Å². The fraction of sp³-hybridized carbons (Fsp3) is 0.500. The van der Waals surface area contributed by atoms with E-state index in [0.717, 1.165) is 30.0 Å². The highest BCUT2D eigenvalue weighted by molar-refractivity contribution is 8.02. The molecule has 1 aliphatic heterocycles. The first-order valence-corrected chi connectivity index (χ1v) is 10.9. The zero-order chi connectivity index (χ0) is 21.4. The summed E-state index contributed by atoms with van der Waals surface area (Å²) in [5.74, 6) is -0.271. The van der Waals surface area contributed by atoms with Crippen molar-refractivity contribution in [3.05, 3.63) is 45.5 Å². The first kappa shape index (κ1) is 23.5. The quantitative estimate of drug-likeness (QED) is 0.447. The number of amides is 1. The monoisotopic (exact) mass is 442 g/mol. The minimum absolute atomic E-state index is 0.194. The molecule has 2 rings (SSSR count). The fourth-order valence-electron chi connectivity index (χ4n) is 3.45. The van der Waals surface area contributed by atoms with Gasteiger partial charge in [-0.25, -0.2) is 4.79 Å². The Labute approximate surface area is 180 Å². The number of carbonyl (C=O) groups excluding carboxylic acids is 1. The molecule has 1 fully saturated rings. The molecule has 0 aromatic heterocycles. The average Bonchev–Trinajstić information content (AvgIpc) is 2.70. The second-order valence-corrected chi connectivity index (χ2v) is 7.86. The van der Waals surface area contributed by atoms with E-state index in [1.807, 2.05) is 24.5 Å². The van der Waals surface area contributed by atoms with E-state index in [1.54, 1.807) is 6.07 Å². The van der Waals surface area contributed by atoms with Crippen molar-refractivity contribution in [3.8, 4) is 0 Å². The van der Waals surface area contributed by atoms with Gasteiger partial charge in [0.1, 0.15) is 0 Å². The van der Waals surface area contributed by atoms with Gasteiger partial charge < -0.3 is 24.8 Å². The maximum Gasteiger partial charge on any atom is 0.404 e. The minimum atomic E-state index is -1.04. The summed E-state index contributed by atoms with van der Waals surface area (Å²) in [4.78, 5) is 26.3. The van der Waals surface area contributed by atoms with Crippen LogP contribution in [0.4, 0.5) is 4.79 Å². The third-order valence-corrected chi connectivity index (χ3v) is 6.01. The summed E-state index contributed by atoms with van der Waals surface area (Å²) < 4.78 is 10.4. The second kappa shape index (κ2) is 11.4. The van der Waals surface area contributed by atoms with Crippen LogP contribution >= 0.6 is 23.4 Å². The molecule has 1 atom stereocenters. The number of halogens is 1. The molecule has 0 bridgehead atoms. The minimum Gasteiger partial charge on any atom is -0.465 e. The fourth-order valence-corrected chi connectivity index (χ4v) is 4.50. The molecule has 1 aromatic carbocycles. The summed E-state index contributed by atoms with van der Waals surface area (Å²) >= 11 is 7.79. The molecule has 29 heavy (non-hydrogen) atoms. The van der Waals surface area contributed by atoms with Crippen molar-refractivity contribution in [3.63, 3.8) is 0 Å². The summed E-state index contributed by atoms with van der Waals surface area (Å²) in [5, 5.41) is 13.0. The molecular weight excluding hydrogens is 416 g/mol. The van der Waals surface area contributed by atoms with Crippen molar-refractivity contribution < 1.29 is 24.2 Å². The van der Waals surface area contributed by atoms with E-state index in [4.69, 9.17) is 26.2 Å². The molecule has 0 aliphatic carbocycles. The van der Waals surface area contributed by atoms with Crippen LogP contribution in [0.5, 0.6) is 0 Å². The number of carboxylic acid groups (broad SMARTS) is 1. The Morgan fingerprint density at radius 2 is 2.03 bits per heavy atom. The molecule has 160 valence electrons. The number of ether oxygens (including phenoxy) is 2. The maximum atomic E-state index is 13.2. The zero-order valence-electron chi connectivity index (χ0n) is 16.8. The lowest BCUT2D eigenvalue weighted by Gasteiger charge is -2.36. The molecule has 1 saturated heterocycles. The Morgan fingerprint density at radius 1 is 1.34 bits per heavy atom. The Kier molecular flexibility index (Phi) is 9.29. The molecule has 1 aliphatic rings. The van der Waals surface area contributed by atoms with Crippen LogP contribution < -0.4 is 5.32 Å². The number of nitrogens with zero attached hydrogens (tertiary/aromatic N) is 1. The summed E-state index contributed by atoms with van der Waals surface area (Å²) in [6.07, 6.45) is 1.74. The first-order chi connectivity index (χ1) is 13.9. The van der Waals surface area contributed by atoms with Gasteiger partial charge in [0, 0.05) is 50.4 Å². The van der Waals surface area contributed by atoms with Crippen LogP contribution in [0.3, 0.4) is 0 Å². The second-order valence-electron chi connectivity index (χ2n) is 6.66. The van der Waals surface area contributed by atoms with Gasteiger partial charge in [0.25, 0.3) is 0 Å². The van der Waals surface area contributed by atoms with Gasteiger partial charge in [0.05, 0.1) is 5.03 Å². The molecule has 0 unspecified atom stereocenters. The highest BCUT2D eigenvalue weighted by Gasteiger charge is 2.30. The number of methoxy groups -OCH3 is 2. The molecule has 1 aromatic rings. The highest BCUT2D eigenvalue weighted by atomic mass is 35.5. The van der Waals surface area contributed by atoms with Crippen LogP contribution in [0.25, 0.3) is 0 Å². The van der Waals surface area contributed by atoms with Crippen LogP contribution in [0.1, 0.15) is 18.4 Å². The summed E-state index contributed by atoms with van der Waals surface area (Å²) in [7, 11) is 2.84. The molecule has 9 heteroatoms. The van der Waals surface area contributed by atoms with Crippen molar-refractivity contribution in [2.75, 3.05) is 33.6 Å². The number of Topliss-reactive ketones (excluding diaryl/α,β-unsaturated/α-hetero) is 1. The van der Waals surface area contributed by atoms with E-state index in [9.17, 15) is 9.59 Å². The third-order valence-electron chi connectivity index (χ3n) is 4.75. The maximum absolute atomic E-state index is 13.2. The molecule has 2 N–H and O–H groups in total.